The Labute approximate surface area is 200 Å². The summed E-state index contributed by atoms with van der Waals surface area (Å²) in [4.78, 5) is 60.7. The van der Waals surface area contributed by atoms with Gasteiger partial charge in [-0.25, -0.2) is 4.79 Å². The third-order valence-corrected chi connectivity index (χ3v) is 5.20. The molecule has 0 radical (unpaired) electrons. The van der Waals surface area contributed by atoms with Crippen molar-refractivity contribution >= 4 is 29.7 Å². The van der Waals surface area contributed by atoms with E-state index in [1.807, 2.05) is 13.8 Å². The van der Waals surface area contributed by atoms with Crippen LogP contribution in [0.25, 0.3) is 0 Å². The predicted molar refractivity (Wildman–Crippen MR) is 125 cm³/mol. The summed E-state index contributed by atoms with van der Waals surface area (Å²) in [6.07, 6.45) is 0.912. The highest BCUT2D eigenvalue weighted by Gasteiger charge is 2.31. The first-order valence-corrected chi connectivity index (χ1v) is 11.6. The van der Waals surface area contributed by atoms with E-state index in [4.69, 9.17) is 16.6 Å². The van der Waals surface area contributed by atoms with Gasteiger partial charge in [0.2, 0.25) is 17.7 Å². The van der Waals surface area contributed by atoms with Crippen LogP contribution in [0.3, 0.4) is 0 Å². The molecule has 0 saturated carbocycles. The molecule has 0 saturated heterocycles. The summed E-state index contributed by atoms with van der Waals surface area (Å²) in [6, 6.07) is -4.35. The number of carboxylic acid groups (broad SMARTS) is 2. The lowest BCUT2D eigenvalue weighted by atomic mass is 10.0. The highest BCUT2D eigenvalue weighted by molar-refractivity contribution is 5.94. The van der Waals surface area contributed by atoms with E-state index in [2.05, 4.69) is 16.0 Å². The van der Waals surface area contributed by atoms with E-state index in [0.29, 0.717) is 19.4 Å². The van der Waals surface area contributed by atoms with Crippen LogP contribution in [0.5, 0.6) is 0 Å². The fourth-order valence-corrected chi connectivity index (χ4v) is 3.11. The molecule has 12 heteroatoms. The summed E-state index contributed by atoms with van der Waals surface area (Å²) >= 11 is 0. The van der Waals surface area contributed by atoms with Crippen molar-refractivity contribution in [1.82, 2.24) is 16.0 Å². The lowest BCUT2D eigenvalue weighted by Crippen LogP contribution is -2.57. The minimum absolute atomic E-state index is 0.0296. The number of rotatable bonds is 17. The van der Waals surface area contributed by atoms with E-state index in [0.717, 1.165) is 0 Å². The Hall–Kier alpha value is -2.73. The van der Waals surface area contributed by atoms with Gasteiger partial charge in [0, 0.05) is 6.42 Å². The number of carboxylic acids is 2. The topological polar surface area (TPSA) is 214 Å². The number of nitrogens with one attached hydrogen (secondary N) is 3. The Morgan fingerprint density at radius 2 is 1.29 bits per heavy atom. The zero-order valence-electron chi connectivity index (χ0n) is 20.5. The first-order chi connectivity index (χ1) is 15.8. The van der Waals surface area contributed by atoms with Crippen molar-refractivity contribution < 1.29 is 34.2 Å². The number of unbranched alkanes of at least 4 members (excludes halogenated alkanes) is 1. The van der Waals surface area contributed by atoms with Crippen molar-refractivity contribution in [1.29, 1.82) is 0 Å². The van der Waals surface area contributed by atoms with Gasteiger partial charge in [0.15, 0.2) is 0 Å². The zero-order valence-corrected chi connectivity index (χ0v) is 20.5. The first-order valence-electron chi connectivity index (χ1n) is 11.6. The number of hydrogen-bond acceptors (Lipinski definition) is 7. The maximum absolute atomic E-state index is 12.9. The predicted octanol–water partition coefficient (Wildman–Crippen LogP) is -0.451. The van der Waals surface area contributed by atoms with Crippen molar-refractivity contribution in [3.8, 4) is 0 Å². The molecular formula is C22H41N5O7. The lowest BCUT2D eigenvalue weighted by molar-refractivity contribution is -0.142. The second kappa shape index (κ2) is 16.0. The van der Waals surface area contributed by atoms with E-state index in [-0.39, 0.29) is 31.1 Å². The molecule has 0 spiro atoms. The van der Waals surface area contributed by atoms with E-state index in [1.165, 1.54) is 0 Å². The molecule has 0 fully saturated rings. The van der Waals surface area contributed by atoms with Crippen LogP contribution in [0.2, 0.25) is 0 Å². The molecule has 0 heterocycles. The van der Waals surface area contributed by atoms with Crippen LogP contribution in [0.4, 0.5) is 0 Å². The summed E-state index contributed by atoms with van der Waals surface area (Å²) in [5.74, 6) is -4.64. The fourth-order valence-electron chi connectivity index (χ4n) is 3.11. The van der Waals surface area contributed by atoms with Crippen LogP contribution in [0.1, 0.15) is 66.2 Å². The molecular weight excluding hydrogens is 446 g/mol. The molecule has 0 aromatic heterocycles. The Kier molecular flexibility index (Phi) is 14.7. The van der Waals surface area contributed by atoms with Crippen LogP contribution in [0.15, 0.2) is 0 Å². The molecule has 0 bridgehead atoms. The second-order valence-corrected chi connectivity index (χ2v) is 9.14. The molecule has 0 aromatic rings. The van der Waals surface area contributed by atoms with Gasteiger partial charge in [-0.15, -0.1) is 0 Å². The number of carbonyl (C=O) groups is 5. The zero-order chi connectivity index (χ0) is 26.4. The molecule has 9 N–H and O–H groups in total. The van der Waals surface area contributed by atoms with E-state index < -0.39 is 60.2 Å². The molecule has 0 aliphatic heterocycles. The third kappa shape index (κ3) is 12.5. The van der Waals surface area contributed by atoms with Gasteiger partial charge < -0.3 is 37.6 Å². The standard InChI is InChI=1S/C22H41N5O7/c1-12(2)11-16(20(31)26-15(22(33)34)7-5-6-10-23)27-19(30)14(8-9-17(28)29)25-21(32)18(24)13(3)4/h12-16,18H,5-11,23-24H2,1-4H3,(H,25,32)(H,26,31)(H,27,30)(H,28,29)(H,33,34). The average Bonchev–Trinajstić information content (AvgIpc) is 2.73. The van der Waals surface area contributed by atoms with Gasteiger partial charge in [0.1, 0.15) is 18.1 Å². The maximum atomic E-state index is 12.9. The second-order valence-electron chi connectivity index (χ2n) is 9.14. The van der Waals surface area contributed by atoms with Gasteiger partial charge in [0.25, 0.3) is 0 Å². The number of nitrogens with two attached hydrogens (primary N) is 2. The van der Waals surface area contributed by atoms with E-state index in [9.17, 15) is 29.1 Å². The largest absolute Gasteiger partial charge is 0.481 e. The van der Waals surface area contributed by atoms with Gasteiger partial charge in [-0.2, -0.15) is 0 Å². The Bertz CT molecular complexity index is 699. The van der Waals surface area contributed by atoms with Crippen LogP contribution in [-0.4, -0.2) is 70.6 Å². The number of amides is 3. The molecule has 4 atom stereocenters. The molecule has 0 rings (SSSR count). The van der Waals surface area contributed by atoms with Gasteiger partial charge >= 0.3 is 11.9 Å². The molecule has 0 aliphatic rings. The van der Waals surface area contributed by atoms with E-state index >= 15 is 0 Å². The molecule has 4 unspecified atom stereocenters. The smallest absolute Gasteiger partial charge is 0.326 e. The minimum atomic E-state index is -1.23. The van der Waals surface area contributed by atoms with Gasteiger partial charge in [-0.1, -0.05) is 27.7 Å². The molecule has 196 valence electrons. The molecule has 12 nitrogen and oxygen atoms in total. The first kappa shape index (κ1) is 31.3. The van der Waals surface area contributed by atoms with Crippen LogP contribution < -0.4 is 27.4 Å². The van der Waals surface area contributed by atoms with Crippen molar-refractivity contribution in [3.63, 3.8) is 0 Å². The highest BCUT2D eigenvalue weighted by Crippen LogP contribution is 2.09. The number of carbonyl (C=O) groups excluding carboxylic acids is 3. The summed E-state index contributed by atoms with van der Waals surface area (Å²) in [5, 5.41) is 25.9. The average molecular weight is 488 g/mol. The van der Waals surface area contributed by atoms with Gasteiger partial charge in [0.05, 0.1) is 6.04 Å². The van der Waals surface area contributed by atoms with Gasteiger partial charge in [-0.3, -0.25) is 19.2 Å². The monoisotopic (exact) mass is 487 g/mol. The normalized spacial score (nSPS) is 14.7. The van der Waals surface area contributed by atoms with Crippen molar-refractivity contribution in [3.05, 3.63) is 0 Å². The van der Waals surface area contributed by atoms with Crippen molar-refractivity contribution in [2.24, 2.45) is 23.3 Å². The summed E-state index contributed by atoms with van der Waals surface area (Å²) in [7, 11) is 0. The Morgan fingerprint density at radius 1 is 0.765 bits per heavy atom. The molecule has 34 heavy (non-hydrogen) atoms. The highest BCUT2D eigenvalue weighted by atomic mass is 16.4. The third-order valence-electron chi connectivity index (χ3n) is 5.20. The summed E-state index contributed by atoms with van der Waals surface area (Å²) in [5.41, 5.74) is 11.3. The number of hydrogen-bond donors (Lipinski definition) is 7. The van der Waals surface area contributed by atoms with Crippen molar-refractivity contribution in [2.75, 3.05) is 6.54 Å². The lowest BCUT2D eigenvalue weighted by Gasteiger charge is -2.26. The van der Waals surface area contributed by atoms with Crippen LogP contribution in [-0.2, 0) is 24.0 Å². The quantitative estimate of drug-likeness (QED) is 0.132. The molecule has 0 aliphatic carbocycles. The van der Waals surface area contributed by atoms with Gasteiger partial charge in [-0.05, 0) is 50.5 Å². The summed E-state index contributed by atoms with van der Waals surface area (Å²) in [6.45, 7) is 7.51. The molecule has 3 amide bonds. The Balaban J connectivity index is 5.52. The van der Waals surface area contributed by atoms with Crippen molar-refractivity contribution in [2.45, 2.75) is 90.4 Å². The Morgan fingerprint density at radius 3 is 1.76 bits per heavy atom. The maximum Gasteiger partial charge on any atom is 0.326 e. The molecule has 0 aromatic carbocycles. The van der Waals surface area contributed by atoms with Crippen LogP contribution in [0, 0.1) is 11.8 Å². The SMILES string of the molecule is CC(C)CC(NC(=O)C(CCC(=O)O)NC(=O)C(N)C(C)C)C(=O)NC(CCCCN)C(=O)O. The fraction of sp³-hybridized carbons (Fsp3) is 0.773. The number of aliphatic carboxylic acids is 2. The van der Waals surface area contributed by atoms with E-state index in [1.54, 1.807) is 13.8 Å². The summed E-state index contributed by atoms with van der Waals surface area (Å²) < 4.78 is 0. The minimum Gasteiger partial charge on any atom is -0.481 e. The van der Waals surface area contributed by atoms with Crippen LogP contribution >= 0.6 is 0 Å².